The van der Waals surface area contributed by atoms with Gasteiger partial charge >= 0.3 is 5.97 Å². The quantitative estimate of drug-likeness (QED) is 0.741. The first-order valence-electron chi connectivity index (χ1n) is 4.15. The Bertz CT molecular complexity index is 257. The fourth-order valence-electron chi connectivity index (χ4n) is 0.838. The second-order valence-corrected chi connectivity index (χ2v) is 3.82. The van der Waals surface area contributed by atoms with E-state index in [2.05, 4.69) is 0 Å². The molecule has 1 heterocycles. The van der Waals surface area contributed by atoms with Crippen molar-refractivity contribution in [2.75, 3.05) is 6.61 Å². The molecular formula is C9H13NO2S. The van der Waals surface area contributed by atoms with Gasteiger partial charge in [0.05, 0.1) is 6.61 Å². The summed E-state index contributed by atoms with van der Waals surface area (Å²) in [5.74, 6) is -0.337. The van der Waals surface area contributed by atoms with Gasteiger partial charge in [-0.3, -0.25) is 4.79 Å². The van der Waals surface area contributed by atoms with Gasteiger partial charge in [-0.1, -0.05) is 6.07 Å². The van der Waals surface area contributed by atoms with Crippen molar-refractivity contribution in [1.29, 1.82) is 0 Å². The van der Waals surface area contributed by atoms with Gasteiger partial charge in [-0.15, -0.1) is 11.3 Å². The van der Waals surface area contributed by atoms with Crippen LogP contribution >= 0.6 is 11.3 Å². The summed E-state index contributed by atoms with van der Waals surface area (Å²) >= 11 is 1.66. The van der Waals surface area contributed by atoms with Crippen molar-refractivity contribution in [2.45, 2.75) is 19.4 Å². The highest BCUT2D eigenvalue weighted by molar-refractivity contribution is 7.09. The van der Waals surface area contributed by atoms with E-state index in [-0.39, 0.29) is 5.97 Å². The zero-order chi connectivity index (χ0) is 9.68. The van der Waals surface area contributed by atoms with Crippen LogP contribution in [0.2, 0.25) is 0 Å². The van der Waals surface area contributed by atoms with Crippen LogP contribution in [0.15, 0.2) is 17.5 Å². The minimum absolute atomic E-state index is 0.337. The van der Waals surface area contributed by atoms with E-state index < -0.39 is 6.04 Å². The Morgan fingerprint density at radius 1 is 1.77 bits per heavy atom. The highest BCUT2D eigenvalue weighted by Gasteiger charge is 2.07. The van der Waals surface area contributed by atoms with Gasteiger partial charge in [0.15, 0.2) is 0 Å². The summed E-state index contributed by atoms with van der Waals surface area (Å²) in [6.07, 6.45) is 0.774. The molecule has 72 valence electrons. The van der Waals surface area contributed by atoms with E-state index in [0.717, 1.165) is 6.42 Å². The van der Waals surface area contributed by atoms with E-state index in [0.29, 0.717) is 6.61 Å². The highest BCUT2D eigenvalue weighted by Crippen LogP contribution is 2.08. The van der Waals surface area contributed by atoms with Crippen LogP contribution in [0.4, 0.5) is 0 Å². The largest absolute Gasteiger partial charge is 0.464 e. The maximum atomic E-state index is 10.9. The summed E-state index contributed by atoms with van der Waals surface area (Å²) in [4.78, 5) is 12.1. The Balaban J connectivity index is 2.18. The molecule has 0 aliphatic carbocycles. The third kappa shape index (κ3) is 3.57. The molecule has 0 fully saturated rings. The van der Waals surface area contributed by atoms with Gasteiger partial charge in [-0.05, 0) is 18.4 Å². The van der Waals surface area contributed by atoms with E-state index >= 15 is 0 Å². The van der Waals surface area contributed by atoms with Crippen molar-refractivity contribution < 1.29 is 9.53 Å². The number of thiophene rings is 1. The molecule has 1 aromatic heterocycles. The zero-order valence-electron chi connectivity index (χ0n) is 7.53. The molecule has 0 radical (unpaired) electrons. The lowest BCUT2D eigenvalue weighted by atomic mass is 10.3. The summed E-state index contributed by atoms with van der Waals surface area (Å²) in [5.41, 5.74) is 5.32. The maximum absolute atomic E-state index is 10.9. The molecule has 1 unspecified atom stereocenters. The van der Waals surface area contributed by atoms with Crippen LogP contribution in [0.3, 0.4) is 0 Å². The summed E-state index contributed by atoms with van der Waals surface area (Å²) < 4.78 is 4.92. The Hall–Kier alpha value is -0.870. The molecule has 13 heavy (non-hydrogen) atoms. The fourth-order valence-corrected chi connectivity index (χ4v) is 1.53. The zero-order valence-corrected chi connectivity index (χ0v) is 8.34. The number of hydrogen-bond donors (Lipinski definition) is 1. The first-order valence-corrected chi connectivity index (χ1v) is 5.02. The summed E-state index contributed by atoms with van der Waals surface area (Å²) in [7, 11) is 0. The normalized spacial score (nSPS) is 12.5. The van der Waals surface area contributed by atoms with Gasteiger partial charge in [-0.25, -0.2) is 0 Å². The van der Waals surface area contributed by atoms with E-state index in [1.807, 2.05) is 17.5 Å². The van der Waals surface area contributed by atoms with Crippen LogP contribution in [-0.4, -0.2) is 18.6 Å². The molecule has 0 aliphatic heterocycles. The van der Waals surface area contributed by atoms with Gasteiger partial charge in [0.25, 0.3) is 0 Å². The second kappa shape index (κ2) is 4.99. The molecule has 0 aliphatic rings. The average Bonchev–Trinajstić information content (AvgIpc) is 2.56. The molecule has 0 bridgehead atoms. The minimum Gasteiger partial charge on any atom is -0.464 e. The predicted molar refractivity (Wildman–Crippen MR) is 52.6 cm³/mol. The second-order valence-electron chi connectivity index (χ2n) is 2.79. The fraction of sp³-hybridized carbons (Fsp3) is 0.444. The number of hydrogen-bond acceptors (Lipinski definition) is 4. The van der Waals surface area contributed by atoms with Crippen molar-refractivity contribution in [1.82, 2.24) is 0 Å². The topological polar surface area (TPSA) is 52.3 Å². The maximum Gasteiger partial charge on any atom is 0.322 e. The lowest BCUT2D eigenvalue weighted by Gasteiger charge is -2.05. The monoisotopic (exact) mass is 199 g/mol. The number of rotatable bonds is 4. The lowest BCUT2D eigenvalue weighted by Crippen LogP contribution is -2.29. The van der Waals surface area contributed by atoms with E-state index in [9.17, 15) is 4.79 Å². The smallest absolute Gasteiger partial charge is 0.322 e. The first-order chi connectivity index (χ1) is 6.20. The van der Waals surface area contributed by atoms with Gasteiger partial charge in [0, 0.05) is 11.3 Å². The molecule has 0 saturated carbocycles. The van der Waals surface area contributed by atoms with Crippen molar-refractivity contribution in [3.05, 3.63) is 22.4 Å². The molecule has 0 saturated heterocycles. The van der Waals surface area contributed by atoms with Crippen molar-refractivity contribution >= 4 is 17.3 Å². The van der Waals surface area contributed by atoms with Crippen LogP contribution in [0.5, 0.6) is 0 Å². The molecule has 1 aromatic rings. The molecular weight excluding hydrogens is 186 g/mol. The number of nitrogens with two attached hydrogens (primary N) is 1. The van der Waals surface area contributed by atoms with Crippen molar-refractivity contribution in [3.63, 3.8) is 0 Å². The third-order valence-corrected chi connectivity index (χ3v) is 2.48. The van der Waals surface area contributed by atoms with Gasteiger partial charge < -0.3 is 10.5 Å². The first kappa shape index (κ1) is 10.2. The number of carbonyl (C=O) groups excluding carboxylic acids is 1. The predicted octanol–water partition coefficient (Wildman–Crippen LogP) is 1.18. The molecule has 0 spiro atoms. The third-order valence-electron chi connectivity index (χ3n) is 1.54. The lowest BCUT2D eigenvalue weighted by molar-refractivity contribution is -0.144. The Kier molecular flexibility index (Phi) is 3.92. The standard InChI is InChI=1S/C9H13NO2S/c1-7(10)9(11)12-5-4-8-3-2-6-13-8/h2-3,6-7H,4-5,10H2,1H3. The molecule has 3 nitrogen and oxygen atoms in total. The van der Waals surface area contributed by atoms with Gasteiger partial charge in [0.1, 0.15) is 6.04 Å². The van der Waals surface area contributed by atoms with Crippen molar-refractivity contribution in [3.8, 4) is 0 Å². The molecule has 2 N–H and O–H groups in total. The van der Waals surface area contributed by atoms with Crippen LogP contribution in [-0.2, 0) is 16.0 Å². The van der Waals surface area contributed by atoms with Crippen LogP contribution in [0.1, 0.15) is 11.8 Å². The van der Waals surface area contributed by atoms with Gasteiger partial charge in [0.2, 0.25) is 0 Å². The molecule has 0 amide bonds. The van der Waals surface area contributed by atoms with E-state index in [1.54, 1.807) is 18.3 Å². The van der Waals surface area contributed by atoms with E-state index in [1.165, 1.54) is 4.88 Å². The Morgan fingerprint density at radius 3 is 3.08 bits per heavy atom. The molecule has 1 atom stereocenters. The molecule has 1 rings (SSSR count). The SMILES string of the molecule is CC(N)C(=O)OCCc1cccs1. The van der Waals surface area contributed by atoms with E-state index in [4.69, 9.17) is 10.5 Å². The van der Waals surface area contributed by atoms with Crippen LogP contribution in [0, 0.1) is 0 Å². The number of esters is 1. The molecule has 4 heteroatoms. The Morgan fingerprint density at radius 2 is 2.54 bits per heavy atom. The number of carbonyl (C=O) groups is 1. The van der Waals surface area contributed by atoms with Crippen LogP contribution < -0.4 is 5.73 Å². The van der Waals surface area contributed by atoms with Crippen LogP contribution in [0.25, 0.3) is 0 Å². The molecule has 0 aromatic carbocycles. The highest BCUT2D eigenvalue weighted by atomic mass is 32.1. The van der Waals surface area contributed by atoms with Gasteiger partial charge in [-0.2, -0.15) is 0 Å². The minimum atomic E-state index is -0.525. The summed E-state index contributed by atoms with van der Waals surface area (Å²) in [6, 6.07) is 3.47. The summed E-state index contributed by atoms with van der Waals surface area (Å²) in [6.45, 7) is 2.04. The summed E-state index contributed by atoms with van der Waals surface area (Å²) in [5, 5.41) is 2.00. The number of ether oxygens (including phenoxy) is 1. The van der Waals surface area contributed by atoms with Crippen molar-refractivity contribution in [2.24, 2.45) is 5.73 Å². The average molecular weight is 199 g/mol. The Labute approximate surface area is 81.5 Å².